The van der Waals surface area contributed by atoms with Gasteiger partial charge in [0.15, 0.2) is 11.6 Å². The number of aryl methyl sites for hydroxylation is 7. The minimum Gasteiger partial charge on any atom is -0.355 e. The van der Waals surface area contributed by atoms with Crippen LogP contribution in [0.5, 0.6) is 0 Å². The van der Waals surface area contributed by atoms with Crippen LogP contribution in [0.2, 0.25) is 0 Å². The first-order valence-corrected chi connectivity index (χ1v) is 51.0. The van der Waals surface area contributed by atoms with Crippen LogP contribution in [0.15, 0.2) is 400 Å². The van der Waals surface area contributed by atoms with Crippen molar-refractivity contribution in [1.82, 2.24) is 24.3 Å². The number of pyridine rings is 1. The van der Waals surface area contributed by atoms with E-state index in [-0.39, 0.29) is 21.7 Å². The Morgan fingerprint density at radius 1 is 0.224 bits per heavy atom. The molecule has 0 saturated heterocycles. The van der Waals surface area contributed by atoms with Crippen molar-refractivity contribution in [3.8, 4) is 146 Å². The van der Waals surface area contributed by atoms with Gasteiger partial charge in [-0.1, -0.05) is 428 Å². The van der Waals surface area contributed by atoms with Crippen LogP contribution in [0.25, 0.3) is 167 Å². The van der Waals surface area contributed by atoms with E-state index in [4.69, 9.17) is 4.98 Å². The number of rotatable bonds is 21. The van der Waals surface area contributed by atoms with Crippen molar-refractivity contribution in [1.29, 1.82) is 0 Å². The number of benzene rings is 17. The average Bonchev–Trinajstić information content (AvgIpc) is 1.58. The lowest BCUT2D eigenvalue weighted by molar-refractivity contribution is 0.590. The van der Waals surface area contributed by atoms with Crippen LogP contribution in [0.3, 0.4) is 0 Å². The molecule has 1 N–H and O–H groups in total. The molecule has 0 aliphatic rings. The van der Waals surface area contributed by atoms with E-state index in [0.717, 1.165) is 91.0 Å². The van der Waals surface area contributed by atoms with E-state index in [2.05, 4.69) is 557 Å². The van der Waals surface area contributed by atoms with Gasteiger partial charge < -0.3 is 9.88 Å². The summed E-state index contributed by atoms with van der Waals surface area (Å²) in [4.78, 5) is 5.29. The number of anilines is 2. The van der Waals surface area contributed by atoms with Crippen molar-refractivity contribution in [2.75, 3.05) is 5.32 Å². The first-order chi connectivity index (χ1) is 68.7. The molecular weight excluding hydrogens is 1730 g/mol. The summed E-state index contributed by atoms with van der Waals surface area (Å²) < 4.78 is 4.55. The highest BCUT2D eigenvalue weighted by atomic mass is 15.3. The van der Waals surface area contributed by atoms with Gasteiger partial charge in [0, 0.05) is 55.8 Å². The van der Waals surface area contributed by atoms with Crippen LogP contribution in [-0.2, 0) is 28.1 Å². The van der Waals surface area contributed by atoms with Gasteiger partial charge in [-0.05, 0) is 308 Å². The van der Waals surface area contributed by atoms with Crippen molar-refractivity contribution in [2.45, 2.75) is 185 Å². The summed E-state index contributed by atoms with van der Waals surface area (Å²) >= 11 is 0. The maximum absolute atomic E-state index is 5.29. The third kappa shape index (κ3) is 23.1. The molecular formula is C137H134N6. The number of para-hydroxylation sites is 1. The average molecular weight is 1860 g/mol. The molecule has 0 atom stereocenters. The molecule has 6 heteroatoms. The van der Waals surface area contributed by atoms with Gasteiger partial charge in [-0.3, -0.25) is 4.57 Å². The Hall–Kier alpha value is -15.4. The third-order valence-corrected chi connectivity index (χ3v) is 28.0. The second kappa shape index (κ2) is 41.8. The summed E-state index contributed by atoms with van der Waals surface area (Å²) in [6, 6.07) is 148. The Balaban J connectivity index is 0.000000170. The molecule has 0 bridgehead atoms. The summed E-state index contributed by atoms with van der Waals surface area (Å²) in [7, 11) is 0. The third-order valence-electron chi connectivity index (χ3n) is 28.0. The molecule has 0 radical (unpaired) electrons. The molecule has 17 aromatic carbocycles. The zero-order valence-electron chi connectivity index (χ0n) is 86.9. The van der Waals surface area contributed by atoms with E-state index in [1.54, 1.807) is 0 Å². The predicted octanol–water partition coefficient (Wildman–Crippen LogP) is 38.0. The van der Waals surface area contributed by atoms with E-state index in [9.17, 15) is 0 Å². The topological polar surface area (TPSA) is 60.6 Å². The molecule has 0 aliphatic heterocycles. The van der Waals surface area contributed by atoms with Crippen LogP contribution >= 0.6 is 0 Å². The number of unbranched alkanes of at least 4 members (excludes halogenated alkanes) is 3. The Kier molecular flexibility index (Phi) is 28.6. The van der Waals surface area contributed by atoms with E-state index in [0.29, 0.717) is 0 Å². The maximum Gasteiger partial charge on any atom is 0.168 e. The highest BCUT2D eigenvalue weighted by molar-refractivity contribution is 6.12. The Morgan fingerprint density at radius 3 is 0.804 bits per heavy atom. The molecule has 0 aliphatic carbocycles. The van der Waals surface area contributed by atoms with Gasteiger partial charge in [0.05, 0.1) is 22.4 Å². The minimum atomic E-state index is 0.0454. The van der Waals surface area contributed by atoms with E-state index >= 15 is 0 Å². The van der Waals surface area contributed by atoms with Gasteiger partial charge in [0.25, 0.3) is 0 Å². The lowest BCUT2D eigenvalue weighted by atomic mass is 9.84. The number of fused-ring (bicyclic) bond motifs is 3. The van der Waals surface area contributed by atoms with Crippen molar-refractivity contribution in [3.05, 3.63) is 462 Å². The zero-order valence-corrected chi connectivity index (χ0v) is 86.9. The molecule has 20 rings (SSSR count). The zero-order chi connectivity index (χ0) is 100. The largest absolute Gasteiger partial charge is 0.355 e. The molecule has 20 aromatic rings. The summed E-state index contributed by atoms with van der Waals surface area (Å²) in [5, 5.41) is 15.7. The van der Waals surface area contributed by atoms with Crippen molar-refractivity contribution in [3.63, 3.8) is 0 Å². The van der Waals surface area contributed by atoms with Crippen LogP contribution in [0, 0.1) is 41.5 Å². The van der Waals surface area contributed by atoms with E-state index < -0.39 is 0 Å². The summed E-state index contributed by atoms with van der Waals surface area (Å²) in [5.41, 5.74) is 46.0. The normalized spacial score (nSPS) is 11.7. The molecule has 0 saturated carbocycles. The summed E-state index contributed by atoms with van der Waals surface area (Å²) in [6.45, 7) is 42.4. The van der Waals surface area contributed by atoms with Crippen LogP contribution in [-0.4, -0.2) is 24.3 Å². The second-order valence-electron chi connectivity index (χ2n) is 43.4. The van der Waals surface area contributed by atoms with Crippen molar-refractivity contribution in [2.24, 2.45) is 0 Å². The van der Waals surface area contributed by atoms with Crippen LogP contribution < -0.4 is 5.32 Å². The van der Waals surface area contributed by atoms with Gasteiger partial charge in [-0.15, -0.1) is 10.2 Å². The lowest BCUT2D eigenvalue weighted by Crippen LogP contribution is -2.10. The molecule has 0 spiro atoms. The SMILES string of the molecule is CCCCCCc1ccc(-n2c(-c3ccc(C)cc3)nnc2-c2ccc(C)cc2)cc1.Cc1ccc(-c2cc(Nc3cc(-c4cc(-c5ccc(C(C)(C)C)cc5)cc(-c5ccc(C(C)(C)C)cc5)c4)cc(-c4cc(-c5ccc(C(C)(C)C)cc5)cc(-c5ccc(C(C)(C)C)cc5)c4)c3)cc(-c3ccc(C)cc3)n2)cc1.Cc1ccc(-c2ccc3c(c2)c2cc(-c4ccc(C)cc4)ccc2n3-c2ccccc2)cc1. The number of nitrogens with one attached hydrogen (secondary N) is 1. The van der Waals surface area contributed by atoms with Gasteiger partial charge in [0.1, 0.15) is 0 Å². The fourth-order valence-corrected chi connectivity index (χ4v) is 19.1. The summed E-state index contributed by atoms with van der Waals surface area (Å²) in [6.07, 6.45) is 6.29. The molecule has 0 amide bonds. The van der Waals surface area contributed by atoms with Crippen LogP contribution in [0.4, 0.5) is 11.4 Å². The molecule has 3 heterocycles. The van der Waals surface area contributed by atoms with Gasteiger partial charge in [-0.2, -0.15) is 0 Å². The lowest BCUT2D eigenvalue weighted by Gasteiger charge is -2.21. The Morgan fingerprint density at radius 2 is 0.490 bits per heavy atom. The molecule has 143 heavy (non-hydrogen) atoms. The van der Waals surface area contributed by atoms with Gasteiger partial charge >= 0.3 is 0 Å². The van der Waals surface area contributed by atoms with Crippen molar-refractivity contribution >= 4 is 33.2 Å². The second-order valence-corrected chi connectivity index (χ2v) is 43.4. The molecule has 3 aromatic heterocycles. The smallest absolute Gasteiger partial charge is 0.168 e. The highest BCUT2D eigenvalue weighted by Crippen LogP contribution is 2.45. The fourth-order valence-electron chi connectivity index (χ4n) is 19.1. The standard InChI is InChI=1S/C77H78N2.C32H25N.C28H31N3/c1-50-15-19-56(20-16-50)72-48-71(49-73(79-72)57-21-17-51(2)18-22-57)78-70-46-64(62-41-58(52-23-31-66(32-24-52)74(3,4)5)39-59(42-62)53-25-33-67(34-26-53)75(6,7)8)45-65(47-70)63-43-60(54-27-35-68(36-28-54)76(9,10)11)40-61(44-63)55-29-37-69(38-30-55)77(12,13)14;1-22-8-12-24(13-9-22)26-16-18-31-29(20-26)30-21-27(25-14-10-23(2)11-15-25)17-19-32(30)33(31)28-6-4-3-5-7-28;1-4-5-6-7-8-23-13-19-26(20-14-23)31-27(24-15-9-21(2)10-16-24)29-30-28(31)25-17-11-22(3)12-18-25/h15-49H,1-14H3,(H,78,79);3-21H,1-2H3;9-20H,4-8H2,1-3H3. The molecule has 0 fully saturated rings. The minimum absolute atomic E-state index is 0.0454. The first kappa shape index (κ1) is 97.8. The fraction of sp³-hybridized carbons (Fsp3) is 0.204. The highest BCUT2D eigenvalue weighted by Gasteiger charge is 2.25. The predicted molar refractivity (Wildman–Crippen MR) is 612 cm³/mol. The van der Waals surface area contributed by atoms with Crippen LogP contribution in [0.1, 0.15) is 177 Å². The Bertz CT molecular complexity index is 7270. The number of nitrogens with zero attached hydrogens (tertiary/aromatic N) is 5. The number of hydrogen-bond acceptors (Lipinski definition) is 4. The van der Waals surface area contributed by atoms with Gasteiger partial charge in [-0.25, -0.2) is 4.98 Å². The molecule has 0 unspecified atom stereocenters. The molecule has 712 valence electrons. The quantitative estimate of drug-likeness (QED) is 0.0729. The Labute approximate surface area is 849 Å². The number of aromatic nitrogens is 5. The van der Waals surface area contributed by atoms with Gasteiger partial charge in [0.2, 0.25) is 0 Å². The van der Waals surface area contributed by atoms with Crippen molar-refractivity contribution < 1.29 is 0 Å². The summed E-state index contributed by atoms with van der Waals surface area (Å²) in [5.74, 6) is 1.73. The maximum atomic E-state index is 5.29. The number of hydrogen-bond donors (Lipinski definition) is 1. The first-order valence-electron chi connectivity index (χ1n) is 51.0. The van der Waals surface area contributed by atoms with E-state index in [1.165, 1.54) is 181 Å². The monoisotopic (exact) mass is 1860 g/mol. The van der Waals surface area contributed by atoms with E-state index in [1.807, 2.05) is 0 Å². The molecule has 6 nitrogen and oxygen atoms in total.